The summed E-state index contributed by atoms with van der Waals surface area (Å²) in [7, 11) is -0.685. The average Bonchev–Trinajstić information content (AvgIpc) is 2.67. The first-order valence-electron chi connectivity index (χ1n) is 8.41. The highest BCUT2D eigenvalue weighted by atomic mass is 32.2. The van der Waals surface area contributed by atoms with Gasteiger partial charge in [0.2, 0.25) is 0 Å². The van der Waals surface area contributed by atoms with Crippen LogP contribution in [0.2, 0.25) is 0 Å². The summed E-state index contributed by atoms with van der Waals surface area (Å²) in [5, 5.41) is 2.83. The Kier molecular flexibility index (Phi) is 6.63. The molecular formula is C19H24N2O4S. The van der Waals surface area contributed by atoms with E-state index in [9.17, 15) is 13.2 Å². The highest BCUT2D eigenvalue weighted by Crippen LogP contribution is 2.24. The van der Waals surface area contributed by atoms with Gasteiger partial charge in [0, 0.05) is 19.2 Å². The minimum absolute atomic E-state index is 0.161. The first-order chi connectivity index (χ1) is 12.4. The van der Waals surface area contributed by atoms with Gasteiger partial charge in [0.15, 0.2) is 0 Å². The molecule has 0 saturated carbocycles. The summed E-state index contributed by atoms with van der Waals surface area (Å²) in [6, 6.07) is 12.7. The summed E-state index contributed by atoms with van der Waals surface area (Å²) in [6.07, 6.45) is 1.93. The number of nitrogens with one attached hydrogen (secondary N) is 1. The van der Waals surface area contributed by atoms with Crippen molar-refractivity contribution in [1.82, 2.24) is 5.32 Å². The number of hydrogen-bond acceptors (Lipinski definition) is 4. The van der Waals surface area contributed by atoms with Crippen LogP contribution in [0.1, 0.15) is 30.1 Å². The van der Waals surface area contributed by atoms with Crippen LogP contribution in [-0.4, -0.2) is 35.0 Å². The molecule has 0 aliphatic rings. The molecule has 2 aromatic carbocycles. The maximum atomic E-state index is 12.7. The molecule has 7 heteroatoms. The molecule has 0 fully saturated rings. The van der Waals surface area contributed by atoms with Gasteiger partial charge in [0.1, 0.15) is 5.75 Å². The monoisotopic (exact) mass is 376 g/mol. The van der Waals surface area contributed by atoms with Gasteiger partial charge in [-0.1, -0.05) is 13.3 Å². The van der Waals surface area contributed by atoms with Gasteiger partial charge in [-0.3, -0.25) is 9.10 Å². The molecule has 1 amide bonds. The normalized spacial score (nSPS) is 11.0. The zero-order chi connectivity index (χ0) is 19.2. The van der Waals surface area contributed by atoms with E-state index in [0.717, 1.165) is 12.8 Å². The molecule has 0 aliphatic heterocycles. The van der Waals surface area contributed by atoms with Gasteiger partial charge in [-0.15, -0.1) is 0 Å². The highest BCUT2D eigenvalue weighted by molar-refractivity contribution is 7.92. The van der Waals surface area contributed by atoms with Gasteiger partial charge in [0.25, 0.3) is 15.9 Å². The van der Waals surface area contributed by atoms with E-state index in [2.05, 4.69) is 12.2 Å². The highest BCUT2D eigenvalue weighted by Gasteiger charge is 2.21. The molecule has 0 aromatic heterocycles. The van der Waals surface area contributed by atoms with Crippen molar-refractivity contribution in [2.24, 2.45) is 0 Å². The standard InChI is InChI=1S/C19H24N2O4S/c1-4-5-14-20-19(22)15-6-8-16(9-7-15)21(2)26(23,24)18-12-10-17(25-3)11-13-18/h6-13H,4-5,14H2,1-3H3,(H,20,22). The molecule has 0 aliphatic carbocycles. The number of benzene rings is 2. The molecule has 0 unspecified atom stereocenters. The van der Waals surface area contributed by atoms with Crippen LogP contribution in [0.5, 0.6) is 5.75 Å². The largest absolute Gasteiger partial charge is 0.497 e. The van der Waals surface area contributed by atoms with Crippen molar-refractivity contribution in [3.8, 4) is 5.75 Å². The van der Waals surface area contributed by atoms with Gasteiger partial charge in [-0.25, -0.2) is 8.42 Å². The molecule has 1 N–H and O–H groups in total. The molecule has 0 spiro atoms. The number of carbonyl (C=O) groups excluding carboxylic acids is 1. The Morgan fingerprint density at radius 2 is 1.69 bits per heavy atom. The molecule has 0 heterocycles. The van der Waals surface area contributed by atoms with Crippen LogP contribution in [0.3, 0.4) is 0 Å². The van der Waals surface area contributed by atoms with Crippen LogP contribution in [0.4, 0.5) is 5.69 Å². The number of methoxy groups -OCH3 is 1. The quantitative estimate of drug-likeness (QED) is 0.719. The molecule has 6 nitrogen and oxygen atoms in total. The molecule has 26 heavy (non-hydrogen) atoms. The van der Waals surface area contributed by atoms with E-state index in [-0.39, 0.29) is 10.8 Å². The van der Waals surface area contributed by atoms with Gasteiger partial charge >= 0.3 is 0 Å². The van der Waals surface area contributed by atoms with E-state index >= 15 is 0 Å². The second-order valence-corrected chi connectivity index (χ2v) is 7.77. The molecule has 2 aromatic rings. The van der Waals surface area contributed by atoms with E-state index in [1.54, 1.807) is 36.4 Å². The minimum Gasteiger partial charge on any atom is -0.497 e. The van der Waals surface area contributed by atoms with Crippen LogP contribution in [0, 0.1) is 0 Å². The Balaban J connectivity index is 2.15. The number of sulfonamides is 1. The van der Waals surface area contributed by atoms with E-state index in [1.807, 2.05) is 0 Å². The number of ether oxygens (including phenoxy) is 1. The smallest absolute Gasteiger partial charge is 0.264 e. The van der Waals surface area contributed by atoms with Crippen LogP contribution >= 0.6 is 0 Å². The van der Waals surface area contributed by atoms with Crippen molar-refractivity contribution >= 4 is 21.6 Å². The van der Waals surface area contributed by atoms with Crippen molar-refractivity contribution in [3.63, 3.8) is 0 Å². The van der Waals surface area contributed by atoms with Gasteiger partial charge < -0.3 is 10.1 Å². The fraction of sp³-hybridized carbons (Fsp3) is 0.316. The first-order valence-corrected chi connectivity index (χ1v) is 9.85. The third-order valence-corrected chi connectivity index (χ3v) is 5.83. The summed E-state index contributed by atoms with van der Waals surface area (Å²) in [5.41, 5.74) is 0.978. The van der Waals surface area contributed by atoms with Crippen LogP contribution in [-0.2, 0) is 10.0 Å². The van der Waals surface area contributed by atoms with Crippen molar-refractivity contribution in [1.29, 1.82) is 0 Å². The number of hydrogen-bond donors (Lipinski definition) is 1. The summed E-state index contributed by atoms with van der Waals surface area (Å²) in [5.74, 6) is 0.427. The molecule has 0 bridgehead atoms. The van der Waals surface area contributed by atoms with E-state index in [4.69, 9.17) is 4.74 Å². The summed E-state index contributed by atoms with van der Waals surface area (Å²) in [4.78, 5) is 12.2. The Hall–Kier alpha value is -2.54. The van der Waals surface area contributed by atoms with E-state index in [1.165, 1.54) is 30.6 Å². The third kappa shape index (κ3) is 4.54. The van der Waals surface area contributed by atoms with Crippen molar-refractivity contribution in [2.45, 2.75) is 24.7 Å². The second kappa shape index (κ2) is 8.71. The third-order valence-electron chi connectivity index (χ3n) is 4.03. The summed E-state index contributed by atoms with van der Waals surface area (Å²) < 4.78 is 31.7. The Morgan fingerprint density at radius 1 is 1.08 bits per heavy atom. The van der Waals surface area contributed by atoms with Crippen LogP contribution < -0.4 is 14.4 Å². The summed E-state index contributed by atoms with van der Waals surface area (Å²) in [6.45, 7) is 2.68. The SMILES string of the molecule is CCCCNC(=O)c1ccc(N(C)S(=O)(=O)c2ccc(OC)cc2)cc1. The first kappa shape index (κ1) is 19.8. The predicted octanol–water partition coefficient (Wildman–Crippen LogP) is 3.05. The second-order valence-electron chi connectivity index (χ2n) is 5.80. The Morgan fingerprint density at radius 3 is 2.23 bits per heavy atom. The van der Waals surface area contributed by atoms with Crippen LogP contribution in [0.15, 0.2) is 53.4 Å². The molecule has 2 rings (SSSR count). The number of carbonyl (C=O) groups is 1. The zero-order valence-electron chi connectivity index (χ0n) is 15.2. The summed E-state index contributed by atoms with van der Waals surface area (Å²) >= 11 is 0. The molecular weight excluding hydrogens is 352 g/mol. The minimum atomic E-state index is -3.69. The molecule has 0 radical (unpaired) electrons. The number of unbranched alkanes of at least 4 members (excludes halogenated alkanes) is 1. The maximum absolute atomic E-state index is 12.7. The van der Waals surface area contributed by atoms with Gasteiger partial charge in [-0.05, 0) is 55.0 Å². The average molecular weight is 376 g/mol. The van der Waals surface area contributed by atoms with E-state index in [0.29, 0.717) is 23.5 Å². The lowest BCUT2D eigenvalue weighted by Crippen LogP contribution is -2.27. The number of nitrogens with zero attached hydrogens (tertiary/aromatic N) is 1. The van der Waals surface area contributed by atoms with Gasteiger partial charge in [0.05, 0.1) is 17.7 Å². The van der Waals surface area contributed by atoms with Crippen LogP contribution in [0.25, 0.3) is 0 Å². The van der Waals surface area contributed by atoms with Crippen molar-refractivity contribution in [2.75, 3.05) is 25.0 Å². The van der Waals surface area contributed by atoms with Crippen molar-refractivity contribution < 1.29 is 17.9 Å². The topological polar surface area (TPSA) is 75.7 Å². The number of rotatable bonds is 8. The number of anilines is 1. The lowest BCUT2D eigenvalue weighted by Gasteiger charge is -2.20. The Bertz CT molecular complexity index is 831. The number of amides is 1. The lowest BCUT2D eigenvalue weighted by molar-refractivity contribution is 0.0953. The van der Waals surface area contributed by atoms with E-state index < -0.39 is 10.0 Å². The molecule has 140 valence electrons. The zero-order valence-corrected chi connectivity index (χ0v) is 16.0. The fourth-order valence-electron chi connectivity index (χ4n) is 2.35. The fourth-order valence-corrected chi connectivity index (χ4v) is 3.54. The predicted molar refractivity (Wildman–Crippen MR) is 102 cm³/mol. The van der Waals surface area contributed by atoms with Gasteiger partial charge in [-0.2, -0.15) is 0 Å². The molecule has 0 atom stereocenters. The maximum Gasteiger partial charge on any atom is 0.264 e. The lowest BCUT2D eigenvalue weighted by atomic mass is 10.2. The Labute approximate surface area is 154 Å². The van der Waals surface area contributed by atoms with Crippen molar-refractivity contribution in [3.05, 3.63) is 54.1 Å². The molecule has 0 saturated heterocycles.